The quantitative estimate of drug-likeness (QED) is 0.622. The Bertz CT molecular complexity index is 548. The van der Waals surface area contributed by atoms with Crippen molar-refractivity contribution in [1.82, 2.24) is 4.72 Å². The van der Waals surface area contributed by atoms with Crippen molar-refractivity contribution in [2.75, 3.05) is 18.1 Å². The molecular formula is C14H24N2O3S. The highest BCUT2D eigenvalue weighted by Gasteiger charge is 2.19. The molecule has 3 N–H and O–H groups in total. The second-order valence-electron chi connectivity index (χ2n) is 5.89. The number of nitrogen functional groups attached to an aromatic ring is 1. The lowest BCUT2D eigenvalue weighted by Crippen LogP contribution is -2.41. The monoisotopic (exact) mass is 300 g/mol. The smallest absolute Gasteiger partial charge is 0.212 e. The summed E-state index contributed by atoms with van der Waals surface area (Å²) in [7, 11) is -3.26. The van der Waals surface area contributed by atoms with Gasteiger partial charge in [0, 0.05) is 11.2 Å². The Hall–Kier alpha value is -1.27. The van der Waals surface area contributed by atoms with Crippen molar-refractivity contribution in [1.29, 1.82) is 0 Å². The summed E-state index contributed by atoms with van der Waals surface area (Å²) in [4.78, 5) is 0. The van der Waals surface area contributed by atoms with E-state index in [9.17, 15) is 8.42 Å². The first kappa shape index (κ1) is 16.8. The summed E-state index contributed by atoms with van der Waals surface area (Å²) in [6.45, 7) is 7.71. The summed E-state index contributed by atoms with van der Waals surface area (Å²) in [6, 6.07) is 5.41. The summed E-state index contributed by atoms with van der Waals surface area (Å²) in [5.41, 5.74) is 6.93. The van der Waals surface area contributed by atoms with Crippen LogP contribution in [0.2, 0.25) is 0 Å². The standard InChI is InChI=1S/C14H24N2O3S/c1-11-10-12(6-7-13(11)15)19-8-5-9-20(17,18)16-14(2,3)4/h6-7,10,16H,5,8-9,15H2,1-4H3. The van der Waals surface area contributed by atoms with Crippen LogP contribution in [-0.2, 0) is 10.0 Å². The number of hydrogen-bond donors (Lipinski definition) is 2. The van der Waals surface area contributed by atoms with Crippen LogP contribution in [0.5, 0.6) is 5.75 Å². The highest BCUT2D eigenvalue weighted by molar-refractivity contribution is 7.89. The molecular weight excluding hydrogens is 276 g/mol. The summed E-state index contributed by atoms with van der Waals surface area (Å²) >= 11 is 0. The maximum atomic E-state index is 11.8. The van der Waals surface area contributed by atoms with Crippen molar-refractivity contribution < 1.29 is 13.2 Å². The highest BCUT2D eigenvalue weighted by Crippen LogP contribution is 2.18. The van der Waals surface area contributed by atoms with E-state index in [4.69, 9.17) is 10.5 Å². The molecule has 0 bridgehead atoms. The zero-order valence-electron chi connectivity index (χ0n) is 12.6. The molecule has 0 aliphatic rings. The zero-order chi connectivity index (χ0) is 15.4. The van der Waals surface area contributed by atoms with Gasteiger partial charge in [-0.3, -0.25) is 0 Å². The van der Waals surface area contributed by atoms with Gasteiger partial charge in [0.2, 0.25) is 10.0 Å². The number of rotatable bonds is 6. The summed E-state index contributed by atoms with van der Waals surface area (Å²) < 4.78 is 31.7. The normalized spacial score (nSPS) is 12.4. The van der Waals surface area contributed by atoms with Crippen LogP contribution in [0, 0.1) is 6.92 Å². The van der Waals surface area contributed by atoms with Gasteiger partial charge in [-0.25, -0.2) is 13.1 Å². The van der Waals surface area contributed by atoms with Gasteiger partial charge in [0.1, 0.15) is 5.75 Å². The molecule has 0 aromatic heterocycles. The van der Waals surface area contributed by atoms with Gasteiger partial charge in [0.05, 0.1) is 12.4 Å². The number of sulfonamides is 1. The molecule has 114 valence electrons. The SMILES string of the molecule is Cc1cc(OCCCS(=O)(=O)NC(C)(C)C)ccc1N. The average Bonchev–Trinajstić information content (AvgIpc) is 2.26. The van der Waals surface area contributed by atoms with Crippen molar-refractivity contribution in [3.8, 4) is 5.75 Å². The Labute approximate surface area is 121 Å². The lowest BCUT2D eigenvalue weighted by atomic mass is 10.1. The van der Waals surface area contributed by atoms with Crippen molar-refractivity contribution >= 4 is 15.7 Å². The van der Waals surface area contributed by atoms with Gasteiger partial charge in [0.15, 0.2) is 0 Å². The van der Waals surface area contributed by atoms with Crippen molar-refractivity contribution in [3.05, 3.63) is 23.8 Å². The predicted molar refractivity (Wildman–Crippen MR) is 82.4 cm³/mol. The summed E-state index contributed by atoms with van der Waals surface area (Å²) in [5, 5.41) is 0. The molecule has 0 radical (unpaired) electrons. The molecule has 0 aliphatic carbocycles. The Morgan fingerprint density at radius 2 is 1.95 bits per heavy atom. The molecule has 0 fully saturated rings. The number of hydrogen-bond acceptors (Lipinski definition) is 4. The molecule has 1 aromatic carbocycles. The first-order valence-corrected chi connectivity index (χ1v) is 8.25. The molecule has 5 nitrogen and oxygen atoms in total. The van der Waals surface area contributed by atoms with Gasteiger partial charge in [-0.1, -0.05) is 0 Å². The Morgan fingerprint density at radius 1 is 1.30 bits per heavy atom. The van der Waals surface area contributed by atoms with Crippen LogP contribution in [0.15, 0.2) is 18.2 Å². The zero-order valence-corrected chi connectivity index (χ0v) is 13.4. The molecule has 1 rings (SSSR count). The second kappa shape index (κ2) is 6.45. The van der Waals surface area contributed by atoms with Crippen molar-refractivity contribution in [2.45, 2.75) is 39.7 Å². The maximum Gasteiger partial charge on any atom is 0.212 e. The van der Waals surface area contributed by atoms with E-state index in [1.165, 1.54) is 0 Å². The van der Waals surface area contributed by atoms with Gasteiger partial charge in [0.25, 0.3) is 0 Å². The maximum absolute atomic E-state index is 11.8. The third-order valence-corrected chi connectivity index (χ3v) is 4.28. The predicted octanol–water partition coefficient (Wildman–Crippen LogP) is 2.06. The largest absolute Gasteiger partial charge is 0.494 e. The first-order chi connectivity index (χ1) is 9.09. The van der Waals surface area contributed by atoms with Crippen LogP contribution >= 0.6 is 0 Å². The van der Waals surface area contributed by atoms with Crippen molar-refractivity contribution in [2.24, 2.45) is 0 Å². The van der Waals surface area contributed by atoms with Gasteiger partial charge >= 0.3 is 0 Å². The van der Waals surface area contributed by atoms with Crippen LogP contribution in [0.25, 0.3) is 0 Å². The van der Waals surface area contributed by atoms with Crippen LogP contribution in [0.3, 0.4) is 0 Å². The molecule has 0 saturated carbocycles. The molecule has 1 aromatic rings. The van der Waals surface area contributed by atoms with E-state index in [-0.39, 0.29) is 5.75 Å². The number of ether oxygens (including phenoxy) is 1. The highest BCUT2D eigenvalue weighted by atomic mass is 32.2. The van der Waals surface area contributed by atoms with E-state index in [1.54, 1.807) is 12.1 Å². The molecule has 0 heterocycles. The van der Waals surface area contributed by atoms with Gasteiger partial charge < -0.3 is 10.5 Å². The number of nitrogens with two attached hydrogens (primary N) is 1. The van der Waals surface area contributed by atoms with Gasteiger partial charge in [-0.05, 0) is 57.9 Å². The van der Waals surface area contributed by atoms with E-state index in [2.05, 4.69) is 4.72 Å². The van der Waals surface area contributed by atoms with Crippen LogP contribution in [0.1, 0.15) is 32.8 Å². The minimum Gasteiger partial charge on any atom is -0.494 e. The lowest BCUT2D eigenvalue weighted by molar-refractivity contribution is 0.317. The van der Waals surface area contributed by atoms with Crippen LogP contribution < -0.4 is 15.2 Å². The Balaban J connectivity index is 2.40. The summed E-state index contributed by atoms with van der Waals surface area (Å²) in [6.07, 6.45) is 0.439. The fraction of sp³-hybridized carbons (Fsp3) is 0.571. The molecule has 0 amide bonds. The van der Waals surface area contributed by atoms with E-state index >= 15 is 0 Å². The third-order valence-electron chi connectivity index (χ3n) is 2.53. The van der Waals surface area contributed by atoms with E-state index in [0.717, 1.165) is 5.56 Å². The van der Waals surface area contributed by atoms with E-state index in [1.807, 2.05) is 33.8 Å². The van der Waals surface area contributed by atoms with Crippen LogP contribution in [0.4, 0.5) is 5.69 Å². The fourth-order valence-corrected chi connectivity index (χ4v) is 3.23. The number of anilines is 1. The fourth-order valence-electron chi connectivity index (χ4n) is 1.69. The molecule has 0 saturated heterocycles. The molecule has 0 aliphatic heterocycles. The van der Waals surface area contributed by atoms with E-state index in [0.29, 0.717) is 24.5 Å². The van der Waals surface area contributed by atoms with Gasteiger partial charge in [-0.15, -0.1) is 0 Å². The van der Waals surface area contributed by atoms with Gasteiger partial charge in [-0.2, -0.15) is 0 Å². The minimum absolute atomic E-state index is 0.0538. The number of aryl methyl sites for hydroxylation is 1. The minimum atomic E-state index is -3.26. The van der Waals surface area contributed by atoms with E-state index < -0.39 is 15.6 Å². The molecule has 6 heteroatoms. The lowest BCUT2D eigenvalue weighted by Gasteiger charge is -2.20. The molecule has 20 heavy (non-hydrogen) atoms. The topological polar surface area (TPSA) is 81.4 Å². The third kappa shape index (κ3) is 6.25. The molecule has 0 unspecified atom stereocenters. The number of nitrogens with one attached hydrogen (secondary N) is 1. The van der Waals surface area contributed by atoms with Crippen LogP contribution in [-0.4, -0.2) is 26.3 Å². The number of benzene rings is 1. The average molecular weight is 300 g/mol. The summed E-state index contributed by atoms with van der Waals surface area (Å²) in [5.74, 6) is 0.760. The Morgan fingerprint density at radius 3 is 2.50 bits per heavy atom. The molecule has 0 atom stereocenters. The second-order valence-corrected chi connectivity index (χ2v) is 7.73. The van der Waals surface area contributed by atoms with Crippen molar-refractivity contribution in [3.63, 3.8) is 0 Å². The Kier molecular flexibility index (Phi) is 5.42. The molecule has 0 spiro atoms. The first-order valence-electron chi connectivity index (χ1n) is 6.60.